The van der Waals surface area contributed by atoms with Crippen molar-refractivity contribution < 1.29 is 0 Å². The van der Waals surface area contributed by atoms with Crippen LogP contribution in [0.15, 0.2) is 48.5 Å². The molecule has 0 unspecified atom stereocenters. The van der Waals surface area contributed by atoms with Gasteiger partial charge in [-0.1, -0.05) is 59.7 Å². The topological polar surface area (TPSA) is 0 Å². The second-order valence-electron chi connectivity index (χ2n) is 5.47. The van der Waals surface area contributed by atoms with Crippen molar-refractivity contribution in [2.45, 2.75) is 24.3 Å². The van der Waals surface area contributed by atoms with Gasteiger partial charge in [-0.2, -0.15) is 11.8 Å². The molecule has 3 rings (SSSR count). The van der Waals surface area contributed by atoms with Gasteiger partial charge in [0.2, 0.25) is 0 Å². The van der Waals surface area contributed by atoms with Crippen molar-refractivity contribution in [1.29, 1.82) is 0 Å². The number of rotatable bonds is 2. The van der Waals surface area contributed by atoms with E-state index in [0.29, 0.717) is 10.5 Å². The predicted molar refractivity (Wildman–Crippen MR) is 92.8 cm³/mol. The van der Waals surface area contributed by atoms with E-state index in [1.165, 1.54) is 33.8 Å². The third kappa shape index (κ3) is 3.24. The Morgan fingerprint density at radius 2 is 1.10 bits per heavy atom. The van der Waals surface area contributed by atoms with Crippen LogP contribution in [0.25, 0.3) is 0 Å². The number of benzene rings is 2. The highest BCUT2D eigenvalue weighted by Crippen LogP contribution is 2.48. The van der Waals surface area contributed by atoms with Crippen LogP contribution in [0.2, 0.25) is 0 Å². The van der Waals surface area contributed by atoms with Crippen molar-refractivity contribution in [2.24, 2.45) is 0 Å². The second kappa shape index (κ2) is 6.28. The lowest BCUT2D eigenvalue weighted by atomic mass is 10.1. The quantitative estimate of drug-likeness (QED) is 0.711. The molecule has 0 radical (unpaired) electrons. The molecule has 0 nitrogen and oxygen atoms in total. The van der Waals surface area contributed by atoms with Gasteiger partial charge in [0.05, 0.1) is 0 Å². The molecule has 1 heterocycles. The van der Waals surface area contributed by atoms with E-state index in [-0.39, 0.29) is 0 Å². The summed E-state index contributed by atoms with van der Waals surface area (Å²) in [6, 6.07) is 18.1. The van der Waals surface area contributed by atoms with Gasteiger partial charge in [0.1, 0.15) is 0 Å². The summed E-state index contributed by atoms with van der Waals surface area (Å²) < 4.78 is 0. The van der Waals surface area contributed by atoms with E-state index < -0.39 is 0 Å². The maximum absolute atomic E-state index is 2.30. The number of thioether (sulfide) groups is 2. The summed E-state index contributed by atoms with van der Waals surface area (Å²) in [5.74, 6) is 2.46. The van der Waals surface area contributed by atoms with E-state index in [9.17, 15) is 0 Å². The normalized spacial score (nSPS) is 22.7. The number of hydrogen-bond acceptors (Lipinski definition) is 2. The molecule has 0 saturated carbocycles. The van der Waals surface area contributed by atoms with Gasteiger partial charge >= 0.3 is 0 Å². The molecule has 2 aromatic rings. The molecule has 2 aromatic carbocycles. The Morgan fingerprint density at radius 3 is 1.50 bits per heavy atom. The molecule has 2 heteroatoms. The van der Waals surface area contributed by atoms with Gasteiger partial charge in [0.25, 0.3) is 0 Å². The van der Waals surface area contributed by atoms with Gasteiger partial charge in [-0.25, -0.2) is 0 Å². The summed E-state index contributed by atoms with van der Waals surface area (Å²) in [7, 11) is 0. The fourth-order valence-electron chi connectivity index (χ4n) is 2.47. The highest BCUT2D eigenvalue weighted by Gasteiger charge is 2.25. The predicted octanol–water partition coefficient (Wildman–Crippen LogP) is 5.57. The molecule has 0 aliphatic carbocycles. The Kier molecular flexibility index (Phi) is 4.42. The summed E-state index contributed by atoms with van der Waals surface area (Å²) in [6.45, 7) is 4.31. The molecular weight excluding hydrogens is 280 g/mol. The number of hydrogen-bond donors (Lipinski definition) is 0. The first-order valence-electron chi connectivity index (χ1n) is 7.09. The van der Waals surface area contributed by atoms with Crippen molar-refractivity contribution in [2.75, 3.05) is 11.5 Å². The minimum atomic E-state index is 0.626. The first-order valence-corrected chi connectivity index (χ1v) is 9.18. The van der Waals surface area contributed by atoms with Gasteiger partial charge in [-0.05, 0) is 25.0 Å². The van der Waals surface area contributed by atoms with Crippen LogP contribution >= 0.6 is 23.5 Å². The fraction of sp³-hybridized carbons (Fsp3) is 0.333. The third-order valence-corrected chi connectivity index (χ3v) is 6.86. The Hall–Kier alpha value is -0.860. The molecule has 1 aliphatic rings. The van der Waals surface area contributed by atoms with E-state index in [1.807, 2.05) is 0 Å². The van der Waals surface area contributed by atoms with Gasteiger partial charge in [0.15, 0.2) is 0 Å². The van der Waals surface area contributed by atoms with Crippen molar-refractivity contribution in [1.82, 2.24) is 0 Å². The SMILES string of the molecule is Cc1ccc([C@@H]2CSC[C@H](c3ccc(C)cc3)S2)cc1. The average Bonchev–Trinajstić information content (AvgIpc) is 2.49. The monoisotopic (exact) mass is 300 g/mol. The molecule has 0 N–H and O–H groups in total. The van der Waals surface area contributed by atoms with Crippen LogP contribution in [0.4, 0.5) is 0 Å². The Bertz CT molecular complexity index is 505. The lowest BCUT2D eigenvalue weighted by molar-refractivity contribution is 1.02. The zero-order chi connectivity index (χ0) is 13.9. The van der Waals surface area contributed by atoms with E-state index in [1.54, 1.807) is 0 Å². The molecular formula is C18H20S2. The Labute approximate surface area is 130 Å². The Balaban J connectivity index is 1.76. The molecule has 1 saturated heterocycles. The van der Waals surface area contributed by atoms with E-state index in [2.05, 4.69) is 85.9 Å². The minimum Gasteiger partial charge on any atom is -0.159 e. The smallest absolute Gasteiger partial charge is 0.0394 e. The highest BCUT2D eigenvalue weighted by molar-refractivity contribution is 8.06. The van der Waals surface area contributed by atoms with E-state index in [4.69, 9.17) is 0 Å². The average molecular weight is 300 g/mol. The van der Waals surface area contributed by atoms with Gasteiger partial charge in [0, 0.05) is 22.0 Å². The van der Waals surface area contributed by atoms with Gasteiger partial charge in [-0.15, -0.1) is 11.8 Å². The largest absolute Gasteiger partial charge is 0.159 e. The van der Waals surface area contributed by atoms with Crippen molar-refractivity contribution in [3.63, 3.8) is 0 Å². The fourth-order valence-corrected chi connectivity index (χ4v) is 5.65. The van der Waals surface area contributed by atoms with Crippen LogP contribution < -0.4 is 0 Å². The standard InChI is InChI=1S/C18H20S2/c1-13-3-7-15(8-4-13)17-11-19-12-18(20-17)16-9-5-14(2)6-10-16/h3-10,17-18H,11-12H2,1-2H3/t17-,18+. The van der Waals surface area contributed by atoms with Crippen molar-refractivity contribution in [3.8, 4) is 0 Å². The van der Waals surface area contributed by atoms with E-state index in [0.717, 1.165) is 0 Å². The molecule has 0 bridgehead atoms. The van der Waals surface area contributed by atoms with Crippen LogP contribution in [-0.2, 0) is 0 Å². The molecule has 1 fully saturated rings. The van der Waals surface area contributed by atoms with Crippen LogP contribution in [0.1, 0.15) is 32.8 Å². The lowest BCUT2D eigenvalue weighted by Crippen LogP contribution is -2.11. The zero-order valence-electron chi connectivity index (χ0n) is 12.0. The van der Waals surface area contributed by atoms with Crippen LogP contribution in [0.5, 0.6) is 0 Å². The van der Waals surface area contributed by atoms with Crippen LogP contribution in [0, 0.1) is 13.8 Å². The summed E-state index contributed by atoms with van der Waals surface area (Å²) in [5.41, 5.74) is 5.64. The van der Waals surface area contributed by atoms with Crippen molar-refractivity contribution >= 4 is 23.5 Å². The first-order chi connectivity index (χ1) is 9.72. The van der Waals surface area contributed by atoms with Gasteiger partial charge < -0.3 is 0 Å². The Morgan fingerprint density at radius 1 is 0.700 bits per heavy atom. The maximum atomic E-state index is 2.30. The van der Waals surface area contributed by atoms with Crippen LogP contribution in [-0.4, -0.2) is 11.5 Å². The molecule has 2 atom stereocenters. The second-order valence-corrected chi connectivity index (χ2v) is 7.96. The maximum Gasteiger partial charge on any atom is 0.0394 e. The summed E-state index contributed by atoms with van der Waals surface area (Å²) in [5, 5.41) is 1.25. The summed E-state index contributed by atoms with van der Waals surface area (Å²) in [4.78, 5) is 0. The van der Waals surface area contributed by atoms with Crippen molar-refractivity contribution in [3.05, 3.63) is 70.8 Å². The lowest BCUT2D eigenvalue weighted by Gasteiger charge is -2.29. The molecule has 104 valence electrons. The zero-order valence-corrected chi connectivity index (χ0v) is 13.6. The number of aryl methyl sites for hydroxylation is 2. The molecule has 0 aromatic heterocycles. The third-order valence-electron chi connectivity index (χ3n) is 3.77. The molecule has 1 aliphatic heterocycles. The van der Waals surface area contributed by atoms with Gasteiger partial charge in [-0.3, -0.25) is 0 Å². The first kappa shape index (κ1) is 14.1. The summed E-state index contributed by atoms with van der Waals surface area (Å²) >= 11 is 4.22. The molecule has 0 amide bonds. The summed E-state index contributed by atoms with van der Waals surface area (Å²) in [6.07, 6.45) is 0. The van der Waals surface area contributed by atoms with E-state index >= 15 is 0 Å². The minimum absolute atomic E-state index is 0.626. The highest BCUT2D eigenvalue weighted by atomic mass is 32.2. The van der Waals surface area contributed by atoms with Crippen LogP contribution in [0.3, 0.4) is 0 Å². The molecule has 0 spiro atoms. The molecule has 20 heavy (non-hydrogen) atoms.